The van der Waals surface area contributed by atoms with Crippen LogP contribution in [-0.2, 0) is 16.1 Å². The molecule has 1 amide bonds. The SMILES string of the molecule is CCOCCn1cc(-c2cnc3[nH]cc(C=CC(N)=O)c3c2)ccc1=O. The van der Waals surface area contributed by atoms with Crippen molar-refractivity contribution in [3.8, 4) is 11.1 Å². The largest absolute Gasteiger partial charge is 0.380 e. The van der Waals surface area contributed by atoms with E-state index in [0.29, 0.717) is 25.4 Å². The molecule has 0 aromatic carbocycles. The molecule has 0 atom stereocenters. The first kappa shape index (κ1) is 17.6. The summed E-state index contributed by atoms with van der Waals surface area (Å²) in [6.07, 6.45) is 8.27. The summed E-state index contributed by atoms with van der Waals surface area (Å²) in [5.41, 5.74) is 8.36. The van der Waals surface area contributed by atoms with E-state index in [9.17, 15) is 9.59 Å². The number of amides is 1. The molecule has 3 rings (SSSR count). The molecule has 3 heterocycles. The number of ether oxygens (including phenoxy) is 1. The average Bonchev–Trinajstić information content (AvgIpc) is 3.04. The van der Waals surface area contributed by atoms with E-state index in [2.05, 4.69) is 9.97 Å². The third-order valence-corrected chi connectivity index (χ3v) is 3.99. The van der Waals surface area contributed by atoms with Gasteiger partial charge < -0.3 is 20.0 Å². The van der Waals surface area contributed by atoms with Gasteiger partial charge in [0, 0.05) is 60.4 Å². The third kappa shape index (κ3) is 3.89. The number of aromatic nitrogens is 3. The van der Waals surface area contributed by atoms with E-state index < -0.39 is 5.91 Å². The van der Waals surface area contributed by atoms with Gasteiger partial charge in [-0.25, -0.2) is 4.98 Å². The number of aromatic amines is 1. The van der Waals surface area contributed by atoms with Crippen LogP contribution in [0.4, 0.5) is 0 Å². The molecule has 7 heteroatoms. The second kappa shape index (κ2) is 7.79. The number of hydrogen-bond donors (Lipinski definition) is 2. The summed E-state index contributed by atoms with van der Waals surface area (Å²) >= 11 is 0. The van der Waals surface area contributed by atoms with Gasteiger partial charge in [0.25, 0.3) is 5.56 Å². The highest BCUT2D eigenvalue weighted by molar-refractivity contribution is 5.95. The second-order valence-corrected chi connectivity index (χ2v) is 5.75. The molecule has 0 aliphatic heterocycles. The van der Waals surface area contributed by atoms with Crippen LogP contribution in [0.1, 0.15) is 12.5 Å². The maximum Gasteiger partial charge on any atom is 0.250 e. The first-order valence-electron chi connectivity index (χ1n) is 8.31. The van der Waals surface area contributed by atoms with Crippen molar-refractivity contribution in [2.75, 3.05) is 13.2 Å². The van der Waals surface area contributed by atoms with Crippen molar-refractivity contribution in [2.45, 2.75) is 13.5 Å². The highest BCUT2D eigenvalue weighted by atomic mass is 16.5. The molecule has 0 saturated carbocycles. The lowest BCUT2D eigenvalue weighted by Gasteiger charge is -2.08. The second-order valence-electron chi connectivity index (χ2n) is 5.75. The predicted molar refractivity (Wildman–Crippen MR) is 101 cm³/mol. The Labute approximate surface area is 150 Å². The van der Waals surface area contributed by atoms with E-state index in [0.717, 1.165) is 22.1 Å². The minimum atomic E-state index is -0.509. The van der Waals surface area contributed by atoms with Gasteiger partial charge in [-0.05, 0) is 30.7 Å². The van der Waals surface area contributed by atoms with Crippen LogP contribution in [0.15, 0.2) is 47.7 Å². The van der Waals surface area contributed by atoms with Gasteiger partial charge >= 0.3 is 0 Å². The average molecular weight is 352 g/mol. The highest BCUT2D eigenvalue weighted by Crippen LogP contribution is 2.24. The lowest BCUT2D eigenvalue weighted by atomic mass is 10.1. The minimum absolute atomic E-state index is 0.0748. The standard InChI is InChI=1S/C19H20N4O3/c1-2-26-8-7-23-12-14(4-6-18(23)25)15-9-16-13(3-5-17(20)24)10-21-19(16)22-11-15/h3-6,9-12H,2,7-8H2,1H3,(H2,20,24)(H,21,22). The molecule has 3 aromatic rings. The number of nitrogens with two attached hydrogens (primary N) is 1. The zero-order chi connectivity index (χ0) is 18.5. The fraction of sp³-hybridized carbons (Fsp3) is 0.211. The van der Waals surface area contributed by atoms with Gasteiger partial charge in [0.1, 0.15) is 5.65 Å². The normalized spacial score (nSPS) is 11.4. The Morgan fingerprint density at radius 3 is 3.00 bits per heavy atom. The molecule has 0 fully saturated rings. The van der Waals surface area contributed by atoms with Crippen LogP contribution >= 0.6 is 0 Å². The Balaban J connectivity index is 1.97. The van der Waals surface area contributed by atoms with Gasteiger partial charge in [-0.1, -0.05) is 0 Å². The Bertz CT molecular complexity index is 1020. The Morgan fingerprint density at radius 2 is 2.23 bits per heavy atom. The summed E-state index contributed by atoms with van der Waals surface area (Å²) in [4.78, 5) is 30.4. The molecular weight excluding hydrogens is 332 g/mol. The number of H-pyrrole nitrogens is 1. The summed E-state index contributed by atoms with van der Waals surface area (Å²) in [6.45, 7) is 3.51. The molecule has 0 bridgehead atoms. The summed E-state index contributed by atoms with van der Waals surface area (Å²) in [7, 11) is 0. The molecule has 26 heavy (non-hydrogen) atoms. The van der Waals surface area contributed by atoms with Crippen molar-refractivity contribution in [3.63, 3.8) is 0 Å². The maximum atomic E-state index is 12.0. The zero-order valence-corrected chi connectivity index (χ0v) is 14.4. The van der Waals surface area contributed by atoms with Gasteiger partial charge in [-0.2, -0.15) is 0 Å². The molecule has 0 aliphatic rings. The van der Waals surface area contributed by atoms with Crippen molar-refractivity contribution in [2.24, 2.45) is 5.73 Å². The van der Waals surface area contributed by atoms with E-state index in [1.165, 1.54) is 12.1 Å². The minimum Gasteiger partial charge on any atom is -0.380 e. The topological polar surface area (TPSA) is 103 Å². The van der Waals surface area contributed by atoms with Crippen LogP contribution < -0.4 is 11.3 Å². The number of primary amides is 1. The Hall–Kier alpha value is -3.19. The highest BCUT2D eigenvalue weighted by Gasteiger charge is 2.07. The Morgan fingerprint density at radius 1 is 1.38 bits per heavy atom. The van der Waals surface area contributed by atoms with Crippen LogP contribution in [0.3, 0.4) is 0 Å². The predicted octanol–water partition coefficient (Wildman–Crippen LogP) is 1.93. The number of pyridine rings is 2. The lowest BCUT2D eigenvalue weighted by Crippen LogP contribution is -2.21. The number of nitrogens with one attached hydrogen (secondary N) is 1. The van der Waals surface area contributed by atoms with Crippen LogP contribution in [0.5, 0.6) is 0 Å². The molecule has 0 spiro atoms. The quantitative estimate of drug-likeness (QED) is 0.501. The number of carbonyl (C=O) groups is 1. The van der Waals surface area contributed by atoms with E-state index >= 15 is 0 Å². The van der Waals surface area contributed by atoms with Gasteiger partial charge in [-0.3, -0.25) is 9.59 Å². The van der Waals surface area contributed by atoms with Crippen molar-refractivity contribution in [3.05, 3.63) is 58.8 Å². The first-order valence-corrected chi connectivity index (χ1v) is 8.31. The van der Waals surface area contributed by atoms with Gasteiger partial charge in [-0.15, -0.1) is 0 Å². The lowest BCUT2D eigenvalue weighted by molar-refractivity contribution is -0.113. The van der Waals surface area contributed by atoms with Crippen molar-refractivity contribution in [1.82, 2.24) is 14.5 Å². The number of fused-ring (bicyclic) bond motifs is 1. The number of carbonyl (C=O) groups excluding carboxylic acids is 1. The maximum absolute atomic E-state index is 12.0. The number of rotatable bonds is 7. The monoisotopic (exact) mass is 352 g/mol. The van der Waals surface area contributed by atoms with E-state index in [4.69, 9.17) is 10.5 Å². The fourth-order valence-corrected chi connectivity index (χ4v) is 2.68. The smallest absolute Gasteiger partial charge is 0.250 e. The van der Waals surface area contributed by atoms with Crippen LogP contribution in [0, 0.1) is 0 Å². The van der Waals surface area contributed by atoms with Crippen molar-refractivity contribution >= 4 is 23.0 Å². The summed E-state index contributed by atoms with van der Waals surface area (Å²) < 4.78 is 6.95. The molecule has 7 nitrogen and oxygen atoms in total. The fourth-order valence-electron chi connectivity index (χ4n) is 2.68. The first-order chi connectivity index (χ1) is 12.6. The van der Waals surface area contributed by atoms with Crippen LogP contribution in [0.2, 0.25) is 0 Å². The van der Waals surface area contributed by atoms with Gasteiger partial charge in [0.15, 0.2) is 0 Å². The van der Waals surface area contributed by atoms with Gasteiger partial charge in [0.2, 0.25) is 5.91 Å². The number of nitrogens with zero attached hydrogens (tertiary/aromatic N) is 2. The van der Waals surface area contributed by atoms with E-state index in [-0.39, 0.29) is 5.56 Å². The molecule has 3 N–H and O–H groups in total. The summed E-state index contributed by atoms with van der Waals surface area (Å²) in [6, 6.07) is 5.27. The summed E-state index contributed by atoms with van der Waals surface area (Å²) in [5.74, 6) is -0.509. The molecule has 134 valence electrons. The number of hydrogen-bond acceptors (Lipinski definition) is 4. The molecular formula is C19H20N4O3. The van der Waals surface area contributed by atoms with Gasteiger partial charge in [0.05, 0.1) is 6.61 Å². The van der Waals surface area contributed by atoms with Crippen molar-refractivity contribution < 1.29 is 9.53 Å². The third-order valence-electron chi connectivity index (χ3n) is 3.99. The van der Waals surface area contributed by atoms with E-state index in [1.807, 2.05) is 13.0 Å². The van der Waals surface area contributed by atoms with E-state index in [1.54, 1.807) is 35.3 Å². The molecule has 3 aromatic heterocycles. The molecule has 0 aliphatic carbocycles. The van der Waals surface area contributed by atoms with Crippen molar-refractivity contribution in [1.29, 1.82) is 0 Å². The Kier molecular flexibility index (Phi) is 5.28. The zero-order valence-electron chi connectivity index (χ0n) is 14.4. The molecule has 0 saturated heterocycles. The molecule has 0 radical (unpaired) electrons. The van der Waals surface area contributed by atoms with Crippen LogP contribution in [0.25, 0.3) is 28.2 Å². The van der Waals surface area contributed by atoms with Crippen LogP contribution in [-0.4, -0.2) is 33.7 Å². The summed E-state index contributed by atoms with van der Waals surface area (Å²) in [5, 5.41) is 0.868. The molecule has 0 unspecified atom stereocenters.